The molecule has 0 radical (unpaired) electrons. The van der Waals surface area contributed by atoms with Crippen LogP contribution in [0.3, 0.4) is 0 Å². The van der Waals surface area contributed by atoms with Crippen LogP contribution in [0.4, 0.5) is 5.69 Å². The molecule has 3 rings (SSSR count). The van der Waals surface area contributed by atoms with E-state index in [4.69, 9.17) is 0 Å². The van der Waals surface area contributed by atoms with Crippen molar-refractivity contribution in [3.05, 3.63) is 28.2 Å². The number of anilines is 1. The van der Waals surface area contributed by atoms with E-state index in [0.717, 1.165) is 21.6 Å². The maximum absolute atomic E-state index is 12.1. The summed E-state index contributed by atoms with van der Waals surface area (Å²) in [6.45, 7) is 2.31. The fourth-order valence-electron chi connectivity index (χ4n) is 3.06. The van der Waals surface area contributed by atoms with Gasteiger partial charge in [-0.15, -0.1) is 0 Å². The molecule has 1 aromatic rings. The van der Waals surface area contributed by atoms with Crippen LogP contribution in [0.15, 0.2) is 22.7 Å². The Bertz CT molecular complexity index is 495. The first-order valence-electron chi connectivity index (χ1n) is 7.00. The van der Waals surface area contributed by atoms with Gasteiger partial charge in [0.05, 0.1) is 0 Å². The van der Waals surface area contributed by atoms with Crippen molar-refractivity contribution in [1.29, 1.82) is 0 Å². The fourth-order valence-corrected chi connectivity index (χ4v) is 3.42. The first-order chi connectivity index (χ1) is 9.13. The Balaban J connectivity index is 1.73. The van der Waals surface area contributed by atoms with Crippen molar-refractivity contribution in [3.63, 3.8) is 0 Å². The maximum atomic E-state index is 12.1. The molecule has 0 saturated heterocycles. The van der Waals surface area contributed by atoms with Gasteiger partial charge in [0.1, 0.15) is 6.04 Å². The van der Waals surface area contributed by atoms with Crippen molar-refractivity contribution in [2.45, 2.75) is 44.7 Å². The van der Waals surface area contributed by atoms with E-state index < -0.39 is 0 Å². The molecule has 1 fully saturated rings. The minimum atomic E-state index is -0.179. The molecule has 4 heteroatoms. The summed E-state index contributed by atoms with van der Waals surface area (Å²) in [4.78, 5) is 12.1. The summed E-state index contributed by atoms with van der Waals surface area (Å²) in [7, 11) is 0. The van der Waals surface area contributed by atoms with E-state index in [1.54, 1.807) is 0 Å². The molecule has 2 aliphatic rings. The standard InChI is InChI=1S/C15H19BrN2O/c1-9-2-5-11(6-3-9)17-14-12-7-4-10(16)8-13(12)18-15(14)19/h4,7-9,11,14,17H,2-3,5-6H2,1H3,(H,18,19). The lowest BCUT2D eigenvalue weighted by molar-refractivity contribution is -0.117. The smallest absolute Gasteiger partial charge is 0.246 e. The summed E-state index contributed by atoms with van der Waals surface area (Å²) in [5.41, 5.74) is 2.01. The summed E-state index contributed by atoms with van der Waals surface area (Å²) in [5, 5.41) is 6.49. The van der Waals surface area contributed by atoms with Crippen molar-refractivity contribution in [2.24, 2.45) is 5.92 Å². The molecule has 102 valence electrons. The molecule has 19 heavy (non-hydrogen) atoms. The lowest BCUT2D eigenvalue weighted by atomic mass is 9.87. The Kier molecular flexibility index (Phi) is 3.63. The Hall–Kier alpha value is -0.870. The summed E-state index contributed by atoms with van der Waals surface area (Å²) >= 11 is 3.44. The van der Waals surface area contributed by atoms with Gasteiger partial charge in [0.25, 0.3) is 0 Å². The number of hydrogen-bond acceptors (Lipinski definition) is 2. The average Bonchev–Trinajstić information content (AvgIpc) is 2.68. The zero-order valence-corrected chi connectivity index (χ0v) is 12.7. The van der Waals surface area contributed by atoms with Crippen molar-refractivity contribution < 1.29 is 4.79 Å². The molecule has 0 aromatic heterocycles. The third kappa shape index (κ3) is 2.70. The summed E-state index contributed by atoms with van der Waals surface area (Å²) in [5.74, 6) is 0.908. The lowest BCUT2D eigenvalue weighted by Gasteiger charge is -2.29. The highest BCUT2D eigenvalue weighted by Gasteiger charge is 2.32. The van der Waals surface area contributed by atoms with Crippen LogP contribution in [0, 0.1) is 5.92 Å². The monoisotopic (exact) mass is 322 g/mol. The van der Waals surface area contributed by atoms with Gasteiger partial charge in [-0.1, -0.05) is 28.9 Å². The van der Waals surface area contributed by atoms with Gasteiger partial charge < -0.3 is 5.32 Å². The third-order valence-corrected chi connectivity index (χ3v) is 4.76. The number of halogens is 1. The van der Waals surface area contributed by atoms with E-state index in [1.807, 2.05) is 18.2 Å². The molecule has 1 unspecified atom stereocenters. The number of carbonyl (C=O) groups excluding carboxylic acids is 1. The Labute approximate surface area is 122 Å². The zero-order chi connectivity index (χ0) is 13.4. The second-order valence-electron chi connectivity index (χ2n) is 5.78. The second kappa shape index (κ2) is 5.25. The van der Waals surface area contributed by atoms with Gasteiger partial charge in [0.2, 0.25) is 5.91 Å². The van der Waals surface area contributed by atoms with Crippen LogP contribution < -0.4 is 10.6 Å². The number of rotatable bonds is 2. The normalized spacial score (nSPS) is 30.0. The molecule has 1 amide bonds. The number of carbonyl (C=O) groups is 1. The Morgan fingerprint density at radius 1 is 1.26 bits per heavy atom. The van der Waals surface area contributed by atoms with Crippen LogP contribution in [0.2, 0.25) is 0 Å². The molecule has 1 aliphatic heterocycles. The van der Waals surface area contributed by atoms with Crippen molar-refractivity contribution in [3.8, 4) is 0 Å². The molecule has 1 saturated carbocycles. The first kappa shape index (κ1) is 13.1. The molecule has 0 spiro atoms. The average molecular weight is 323 g/mol. The predicted octanol–water partition coefficient (Wildman–Crippen LogP) is 3.61. The van der Waals surface area contributed by atoms with Gasteiger partial charge in [-0.25, -0.2) is 0 Å². The van der Waals surface area contributed by atoms with Crippen LogP contribution in [0.1, 0.15) is 44.2 Å². The van der Waals surface area contributed by atoms with Gasteiger partial charge in [0.15, 0.2) is 0 Å². The third-order valence-electron chi connectivity index (χ3n) is 4.26. The lowest BCUT2D eigenvalue weighted by Crippen LogP contribution is -2.38. The van der Waals surface area contributed by atoms with E-state index in [-0.39, 0.29) is 11.9 Å². The van der Waals surface area contributed by atoms with Gasteiger partial charge in [-0.05, 0) is 43.7 Å². The predicted molar refractivity (Wildman–Crippen MR) is 80.1 cm³/mol. The molecular weight excluding hydrogens is 304 g/mol. The highest BCUT2D eigenvalue weighted by molar-refractivity contribution is 9.10. The van der Waals surface area contributed by atoms with E-state index in [9.17, 15) is 4.79 Å². The topological polar surface area (TPSA) is 41.1 Å². The van der Waals surface area contributed by atoms with Crippen LogP contribution in [-0.2, 0) is 4.79 Å². The molecule has 1 heterocycles. The SMILES string of the molecule is CC1CCC(NC2C(=O)Nc3cc(Br)ccc32)CC1. The summed E-state index contributed by atoms with van der Waals surface area (Å²) < 4.78 is 0.999. The second-order valence-corrected chi connectivity index (χ2v) is 6.69. The number of fused-ring (bicyclic) bond motifs is 1. The van der Waals surface area contributed by atoms with Crippen LogP contribution in [0.25, 0.3) is 0 Å². The minimum absolute atomic E-state index is 0.0757. The summed E-state index contributed by atoms with van der Waals surface area (Å²) in [6, 6.07) is 6.29. The highest BCUT2D eigenvalue weighted by Crippen LogP contribution is 2.34. The molecular formula is C15H19BrN2O. The molecule has 0 bridgehead atoms. The molecule has 1 aromatic carbocycles. The van der Waals surface area contributed by atoms with Crippen molar-refractivity contribution in [1.82, 2.24) is 5.32 Å². The molecule has 3 nitrogen and oxygen atoms in total. The van der Waals surface area contributed by atoms with E-state index in [1.165, 1.54) is 25.7 Å². The van der Waals surface area contributed by atoms with Gasteiger partial charge in [-0.3, -0.25) is 10.1 Å². The van der Waals surface area contributed by atoms with E-state index in [2.05, 4.69) is 33.5 Å². The largest absolute Gasteiger partial charge is 0.324 e. The molecule has 1 aliphatic carbocycles. The van der Waals surface area contributed by atoms with Crippen LogP contribution in [-0.4, -0.2) is 11.9 Å². The Morgan fingerprint density at radius 2 is 2.00 bits per heavy atom. The van der Waals surface area contributed by atoms with E-state index >= 15 is 0 Å². The number of nitrogens with one attached hydrogen (secondary N) is 2. The Morgan fingerprint density at radius 3 is 2.74 bits per heavy atom. The quantitative estimate of drug-likeness (QED) is 0.873. The number of benzene rings is 1. The van der Waals surface area contributed by atoms with E-state index in [0.29, 0.717) is 6.04 Å². The first-order valence-corrected chi connectivity index (χ1v) is 7.79. The highest BCUT2D eigenvalue weighted by atomic mass is 79.9. The molecule has 1 atom stereocenters. The summed E-state index contributed by atoms with van der Waals surface area (Å²) in [6.07, 6.45) is 4.88. The molecule has 2 N–H and O–H groups in total. The van der Waals surface area contributed by atoms with Crippen molar-refractivity contribution in [2.75, 3.05) is 5.32 Å². The zero-order valence-electron chi connectivity index (χ0n) is 11.1. The van der Waals surface area contributed by atoms with Gasteiger partial charge in [0, 0.05) is 21.8 Å². The van der Waals surface area contributed by atoms with Gasteiger partial charge >= 0.3 is 0 Å². The van der Waals surface area contributed by atoms with Crippen LogP contribution in [0.5, 0.6) is 0 Å². The fraction of sp³-hybridized carbons (Fsp3) is 0.533. The van der Waals surface area contributed by atoms with Crippen molar-refractivity contribution >= 4 is 27.5 Å². The number of hydrogen-bond donors (Lipinski definition) is 2. The number of amides is 1. The van der Waals surface area contributed by atoms with Gasteiger partial charge in [-0.2, -0.15) is 0 Å². The minimum Gasteiger partial charge on any atom is -0.324 e. The van der Waals surface area contributed by atoms with Crippen LogP contribution >= 0.6 is 15.9 Å². The maximum Gasteiger partial charge on any atom is 0.246 e.